The number of nitrogens with zero attached hydrogens (tertiary/aromatic N) is 2. The van der Waals surface area contributed by atoms with Gasteiger partial charge in [0.15, 0.2) is 6.29 Å². The highest BCUT2D eigenvalue weighted by atomic mass is 16.1. The van der Waals surface area contributed by atoms with Gasteiger partial charge in [-0.1, -0.05) is 32.6 Å². The molecule has 2 heterocycles. The van der Waals surface area contributed by atoms with Crippen molar-refractivity contribution >= 4 is 17.3 Å². The molecule has 0 aliphatic rings. The van der Waals surface area contributed by atoms with Crippen LogP contribution in [-0.2, 0) is 6.54 Å². The van der Waals surface area contributed by atoms with E-state index in [0.717, 1.165) is 35.8 Å². The third kappa shape index (κ3) is 2.78. The number of carbonyl (C=O) groups excluding carboxylic acids is 1. The van der Waals surface area contributed by atoms with Crippen LogP contribution in [0.5, 0.6) is 0 Å². The number of aldehydes is 1. The molecule has 18 heavy (non-hydrogen) atoms. The first kappa shape index (κ1) is 12.8. The van der Waals surface area contributed by atoms with E-state index in [1.165, 1.54) is 25.7 Å². The third-order valence-corrected chi connectivity index (χ3v) is 3.29. The second-order valence-electron chi connectivity index (χ2n) is 4.68. The fourth-order valence-electron chi connectivity index (χ4n) is 2.30. The molecule has 0 aliphatic carbocycles. The molecule has 3 heteroatoms. The summed E-state index contributed by atoms with van der Waals surface area (Å²) in [4.78, 5) is 15.4. The molecule has 0 aromatic carbocycles. The number of aryl methyl sites for hydroxylation is 1. The van der Waals surface area contributed by atoms with E-state index in [9.17, 15) is 4.79 Å². The number of rotatable bonds is 7. The molecule has 0 bridgehead atoms. The van der Waals surface area contributed by atoms with Crippen LogP contribution in [0.25, 0.3) is 11.0 Å². The number of aromatic nitrogens is 2. The van der Waals surface area contributed by atoms with Crippen molar-refractivity contribution in [1.82, 2.24) is 9.55 Å². The molecule has 0 fully saturated rings. The zero-order valence-electron chi connectivity index (χ0n) is 10.9. The summed E-state index contributed by atoms with van der Waals surface area (Å²) in [7, 11) is 0. The molecule has 0 amide bonds. The van der Waals surface area contributed by atoms with Gasteiger partial charge >= 0.3 is 0 Å². The van der Waals surface area contributed by atoms with Crippen LogP contribution in [0, 0.1) is 0 Å². The van der Waals surface area contributed by atoms with E-state index < -0.39 is 0 Å². The van der Waals surface area contributed by atoms with Crippen molar-refractivity contribution < 1.29 is 4.79 Å². The lowest BCUT2D eigenvalue weighted by Gasteiger charge is -2.04. The van der Waals surface area contributed by atoms with E-state index in [2.05, 4.69) is 16.5 Å². The summed E-state index contributed by atoms with van der Waals surface area (Å²) in [5.41, 5.74) is 1.67. The second kappa shape index (κ2) is 6.34. The number of hydrogen-bond acceptors (Lipinski definition) is 2. The van der Waals surface area contributed by atoms with Crippen molar-refractivity contribution in [2.75, 3.05) is 0 Å². The van der Waals surface area contributed by atoms with E-state index in [1.54, 1.807) is 6.20 Å². The molecule has 0 saturated carbocycles. The summed E-state index contributed by atoms with van der Waals surface area (Å²) in [5.74, 6) is 0. The topological polar surface area (TPSA) is 34.9 Å². The Morgan fingerprint density at radius 2 is 2.11 bits per heavy atom. The van der Waals surface area contributed by atoms with Gasteiger partial charge in [-0.25, -0.2) is 4.98 Å². The first-order chi connectivity index (χ1) is 8.86. The quantitative estimate of drug-likeness (QED) is 0.548. The molecule has 2 rings (SSSR count). The van der Waals surface area contributed by atoms with Gasteiger partial charge in [0, 0.05) is 29.9 Å². The molecule has 0 spiro atoms. The van der Waals surface area contributed by atoms with Crippen LogP contribution in [0.4, 0.5) is 0 Å². The van der Waals surface area contributed by atoms with Crippen LogP contribution in [0.3, 0.4) is 0 Å². The smallest absolute Gasteiger partial charge is 0.152 e. The van der Waals surface area contributed by atoms with Gasteiger partial charge in [-0.15, -0.1) is 0 Å². The maximum Gasteiger partial charge on any atom is 0.152 e. The number of pyridine rings is 1. The standard InChI is InChI=1S/C15H20N2O/c1-2-3-4-5-6-10-17-11-13(12-18)14-8-7-9-16-15(14)17/h7-9,11-12H,2-6,10H2,1H3. The summed E-state index contributed by atoms with van der Waals surface area (Å²) in [6.07, 6.45) is 10.9. The molecule has 0 N–H and O–H groups in total. The van der Waals surface area contributed by atoms with E-state index in [1.807, 2.05) is 18.3 Å². The zero-order valence-corrected chi connectivity index (χ0v) is 10.9. The highest BCUT2D eigenvalue weighted by Crippen LogP contribution is 2.18. The highest BCUT2D eigenvalue weighted by molar-refractivity contribution is 5.95. The molecule has 96 valence electrons. The second-order valence-corrected chi connectivity index (χ2v) is 4.68. The number of hydrogen-bond donors (Lipinski definition) is 0. The molecule has 0 atom stereocenters. The van der Waals surface area contributed by atoms with Crippen molar-refractivity contribution in [3.63, 3.8) is 0 Å². The number of fused-ring (bicyclic) bond motifs is 1. The van der Waals surface area contributed by atoms with Gasteiger partial charge < -0.3 is 4.57 Å². The molecule has 0 radical (unpaired) electrons. The number of carbonyl (C=O) groups is 1. The Kier molecular flexibility index (Phi) is 4.51. The summed E-state index contributed by atoms with van der Waals surface area (Å²) in [6.45, 7) is 3.17. The van der Waals surface area contributed by atoms with Crippen LogP contribution in [0.15, 0.2) is 24.5 Å². The maximum atomic E-state index is 11.0. The third-order valence-electron chi connectivity index (χ3n) is 3.29. The number of unbranched alkanes of at least 4 members (excludes halogenated alkanes) is 4. The predicted octanol–water partition coefficient (Wildman–Crippen LogP) is 3.82. The molecular formula is C15H20N2O. The molecular weight excluding hydrogens is 224 g/mol. The minimum Gasteiger partial charge on any atom is -0.332 e. The van der Waals surface area contributed by atoms with Gasteiger partial charge in [-0.3, -0.25) is 4.79 Å². The fraction of sp³-hybridized carbons (Fsp3) is 0.467. The minimum atomic E-state index is 0.742. The highest BCUT2D eigenvalue weighted by Gasteiger charge is 2.07. The van der Waals surface area contributed by atoms with Crippen molar-refractivity contribution in [3.8, 4) is 0 Å². The van der Waals surface area contributed by atoms with Crippen molar-refractivity contribution in [2.45, 2.75) is 45.6 Å². The van der Waals surface area contributed by atoms with Gasteiger partial charge in [0.2, 0.25) is 0 Å². The van der Waals surface area contributed by atoms with E-state index in [4.69, 9.17) is 0 Å². The summed E-state index contributed by atoms with van der Waals surface area (Å²) >= 11 is 0. The average molecular weight is 244 g/mol. The average Bonchev–Trinajstić information content (AvgIpc) is 2.77. The lowest BCUT2D eigenvalue weighted by Crippen LogP contribution is -1.97. The Morgan fingerprint density at radius 1 is 1.28 bits per heavy atom. The Balaban J connectivity index is 2.06. The Hall–Kier alpha value is -1.64. The van der Waals surface area contributed by atoms with Crippen LogP contribution in [0.1, 0.15) is 49.4 Å². The van der Waals surface area contributed by atoms with E-state index >= 15 is 0 Å². The lowest BCUT2D eigenvalue weighted by molar-refractivity contribution is 0.112. The van der Waals surface area contributed by atoms with Crippen LogP contribution >= 0.6 is 0 Å². The SMILES string of the molecule is CCCCCCCn1cc(C=O)c2cccnc21. The zero-order chi connectivity index (χ0) is 12.8. The predicted molar refractivity (Wildman–Crippen MR) is 73.9 cm³/mol. The van der Waals surface area contributed by atoms with Crippen LogP contribution < -0.4 is 0 Å². The molecule has 0 unspecified atom stereocenters. The van der Waals surface area contributed by atoms with Crippen molar-refractivity contribution in [2.24, 2.45) is 0 Å². The summed E-state index contributed by atoms with van der Waals surface area (Å²) in [6, 6.07) is 3.83. The van der Waals surface area contributed by atoms with Crippen molar-refractivity contribution in [1.29, 1.82) is 0 Å². The van der Waals surface area contributed by atoms with E-state index in [-0.39, 0.29) is 0 Å². The van der Waals surface area contributed by atoms with Crippen molar-refractivity contribution in [3.05, 3.63) is 30.1 Å². The summed E-state index contributed by atoms with van der Waals surface area (Å²) < 4.78 is 2.10. The van der Waals surface area contributed by atoms with Crippen LogP contribution in [-0.4, -0.2) is 15.8 Å². The molecule has 2 aromatic rings. The van der Waals surface area contributed by atoms with Gasteiger partial charge in [-0.2, -0.15) is 0 Å². The first-order valence-electron chi connectivity index (χ1n) is 6.76. The molecule has 2 aromatic heterocycles. The minimum absolute atomic E-state index is 0.742. The summed E-state index contributed by atoms with van der Waals surface area (Å²) in [5, 5.41) is 0.959. The molecule has 0 saturated heterocycles. The lowest BCUT2D eigenvalue weighted by atomic mass is 10.1. The monoisotopic (exact) mass is 244 g/mol. The van der Waals surface area contributed by atoms with Gasteiger partial charge in [0.05, 0.1) is 0 Å². The normalized spacial score (nSPS) is 10.9. The first-order valence-corrected chi connectivity index (χ1v) is 6.76. The van der Waals surface area contributed by atoms with E-state index in [0.29, 0.717) is 0 Å². The Morgan fingerprint density at radius 3 is 2.89 bits per heavy atom. The van der Waals surface area contributed by atoms with Crippen LogP contribution in [0.2, 0.25) is 0 Å². The molecule has 0 aliphatic heterocycles. The Bertz CT molecular complexity index is 516. The molecule has 3 nitrogen and oxygen atoms in total. The largest absolute Gasteiger partial charge is 0.332 e. The fourth-order valence-corrected chi connectivity index (χ4v) is 2.30. The van der Waals surface area contributed by atoms with Gasteiger partial charge in [-0.05, 0) is 18.6 Å². The maximum absolute atomic E-state index is 11.0. The van der Waals surface area contributed by atoms with Gasteiger partial charge in [0.1, 0.15) is 5.65 Å². The Labute approximate surface area is 108 Å². The van der Waals surface area contributed by atoms with Gasteiger partial charge in [0.25, 0.3) is 0 Å².